The highest BCUT2D eigenvalue weighted by atomic mass is 19.2. The molecule has 28 heavy (non-hydrogen) atoms. The first-order valence-electron chi connectivity index (χ1n) is 8.82. The van der Waals surface area contributed by atoms with Crippen LogP contribution in [0.25, 0.3) is 11.0 Å². The van der Waals surface area contributed by atoms with Gasteiger partial charge in [-0.2, -0.15) is 5.26 Å². The molecule has 1 saturated heterocycles. The van der Waals surface area contributed by atoms with E-state index >= 15 is 0 Å². The van der Waals surface area contributed by atoms with Gasteiger partial charge in [-0.05, 0) is 35.9 Å². The fourth-order valence-corrected chi connectivity index (χ4v) is 3.38. The van der Waals surface area contributed by atoms with Crippen molar-refractivity contribution in [2.24, 2.45) is 0 Å². The summed E-state index contributed by atoms with van der Waals surface area (Å²) < 4.78 is 46.4. The Balaban J connectivity index is 1.36. The molecule has 3 aromatic rings. The van der Waals surface area contributed by atoms with Gasteiger partial charge in [-0.1, -0.05) is 6.07 Å². The van der Waals surface area contributed by atoms with Crippen LogP contribution in [0.15, 0.2) is 36.4 Å². The third-order valence-electron chi connectivity index (χ3n) is 4.76. The molecule has 0 bridgehead atoms. The standard InChI is InChI=1S/C20H17F3N4O/c21-14-3-1-13(5-15(14)22)8-27-9-16(23)19(10-27)28-11-20-25-17-4-2-12(7-24)6-18(17)26-20/h1-6,16,19H,8-11H2,(H,25,26). The van der Waals surface area contributed by atoms with Crippen LogP contribution in [0.1, 0.15) is 17.0 Å². The Labute approximate surface area is 159 Å². The third kappa shape index (κ3) is 3.86. The predicted octanol–water partition coefficient (Wildman–Crippen LogP) is 3.45. The number of rotatable bonds is 5. The number of imidazole rings is 1. The fourth-order valence-electron chi connectivity index (χ4n) is 3.38. The molecule has 0 spiro atoms. The summed E-state index contributed by atoms with van der Waals surface area (Å²) in [6.45, 7) is 0.939. The van der Waals surface area contributed by atoms with Gasteiger partial charge in [0.25, 0.3) is 0 Å². The molecule has 0 radical (unpaired) electrons. The van der Waals surface area contributed by atoms with Gasteiger partial charge in [0.05, 0.1) is 22.7 Å². The highest BCUT2D eigenvalue weighted by molar-refractivity contribution is 5.76. The number of aromatic nitrogens is 2. The van der Waals surface area contributed by atoms with E-state index in [1.807, 2.05) is 0 Å². The second-order valence-electron chi connectivity index (χ2n) is 6.84. The molecule has 2 atom stereocenters. The molecule has 2 aromatic carbocycles. The Morgan fingerprint density at radius 2 is 2.04 bits per heavy atom. The molecule has 2 unspecified atom stereocenters. The average molecular weight is 386 g/mol. The van der Waals surface area contributed by atoms with Crippen LogP contribution in [0.4, 0.5) is 13.2 Å². The van der Waals surface area contributed by atoms with Crippen molar-refractivity contribution in [3.8, 4) is 6.07 Å². The third-order valence-corrected chi connectivity index (χ3v) is 4.76. The van der Waals surface area contributed by atoms with Crippen molar-refractivity contribution in [1.29, 1.82) is 5.26 Å². The normalized spacial score (nSPS) is 19.9. The van der Waals surface area contributed by atoms with Crippen molar-refractivity contribution in [2.45, 2.75) is 25.4 Å². The molecule has 1 aromatic heterocycles. The Kier molecular flexibility index (Phi) is 5.03. The van der Waals surface area contributed by atoms with Crippen molar-refractivity contribution in [1.82, 2.24) is 14.9 Å². The van der Waals surface area contributed by atoms with Gasteiger partial charge in [-0.15, -0.1) is 0 Å². The lowest BCUT2D eigenvalue weighted by Gasteiger charge is -2.15. The number of ether oxygens (including phenoxy) is 1. The maximum Gasteiger partial charge on any atom is 0.159 e. The molecule has 5 nitrogen and oxygen atoms in total. The van der Waals surface area contributed by atoms with E-state index < -0.39 is 23.9 Å². The minimum atomic E-state index is -1.18. The van der Waals surface area contributed by atoms with E-state index in [0.717, 1.165) is 17.6 Å². The maximum absolute atomic E-state index is 14.3. The van der Waals surface area contributed by atoms with Gasteiger partial charge in [0.2, 0.25) is 0 Å². The highest BCUT2D eigenvalue weighted by Gasteiger charge is 2.33. The number of hydrogen-bond acceptors (Lipinski definition) is 4. The quantitative estimate of drug-likeness (QED) is 0.730. The van der Waals surface area contributed by atoms with E-state index in [-0.39, 0.29) is 13.2 Å². The Bertz CT molecular complexity index is 1050. The smallest absolute Gasteiger partial charge is 0.159 e. The summed E-state index contributed by atoms with van der Waals surface area (Å²) in [4.78, 5) is 9.25. The first kappa shape index (κ1) is 18.5. The largest absolute Gasteiger partial charge is 0.366 e. The van der Waals surface area contributed by atoms with Crippen molar-refractivity contribution in [3.63, 3.8) is 0 Å². The number of nitrogens with zero attached hydrogens (tertiary/aromatic N) is 3. The Morgan fingerprint density at radius 3 is 2.82 bits per heavy atom. The lowest BCUT2D eigenvalue weighted by molar-refractivity contribution is 0.00863. The summed E-state index contributed by atoms with van der Waals surface area (Å²) in [5, 5.41) is 8.94. The number of likely N-dealkylation sites (tertiary alicyclic amines) is 1. The molecule has 0 aliphatic carbocycles. The van der Waals surface area contributed by atoms with Crippen LogP contribution >= 0.6 is 0 Å². The molecule has 1 aliphatic rings. The van der Waals surface area contributed by atoms with Gasteiger partial charge in [-0.3, -0.25) is 4.90 Å². The van der Waals surface area contributed by atoms with Gasteiger partial charge in [0.15, 0.2) is 11.6 Å². The van der Waals surface area contributed by atoms with Crippen LogP contribution in [0.2, 0.25) is 0 Å². The number of benzene rings is 2. The van der Waals surface area contributed by atoms with Crippen LogP contribution in [0, 0.1) is 23.0 Å². The number of alkyl halides is 1. The minimum Gasteiger partial charge on any atom is -0.366 e. The summed E-state index contributed by atoms with van der Waals surface area (Å²) in [5.41, 5.74) is 2.54. The monoisotopic (exact) mass is 386 g/mol. The summed E-state index contributed by atoms with van der Waals surface area (Å²) in [6, 6.07) is 10.9. The van der Waals surface area contributed by atoms with Crippen LogP contribution in [-0.4, -0.2) is 40.2 Å². The summed E-state index contributed by atoms with van der Waals surface area (Å²) in [5.74, 6) is -1.26. The van der Waals surface area contributed by atoms with Gasteiger partial charge in [0, 0.05) is 19.6 Å². The predicted molar refractivity (Wildman–Crippen MR) is 95.9 cm³/mol. The van der Waals surface area contributed by atoms with Gasteiger partial charge in [0.1, 0.15) is 24.7 Å². The molecule has 4 rings (SSSR count). The number of aromatic amines is 1. The molecule has 0 saturated carbocycles. The summed E-state index contributed by atoms with van der Waals surface area (Å²) in [7, 11) is 0. The molecule has 1 N–H and O–H groups in total. The topological polar surface area (TPSA) is 64.9 Å². The zero-order valence-corrected chi connectivity index (χ0v) is 14.8. The molecular formula is C20H17F3N4O. The van der Waals surface area contributed by atoms with Gasteiger partial charge < -0.3 is 9.72 Å². The van der Waals surface area contributed by atoms with E-state index in [1.54, 1.807) is 23.1 Å². The molecule has 144 valence electrons. The van der Waals surface area contributed by atoms with Crippen molar-refractivity contribution in [2.75, 3.05) is 13.1 Å². The van der Waals surface area contributed by atoms with Crippen LogP contribution < -0.4 is 0 Å². The molecule has 0 amide bonds. The molecule has 1 aliphatic heterocycles. The summed E-state index contributed by atoms with van der Waals surface area (Å²) in [6.07, 6.45) is -1.81. The lowest BCUT2D eigenvalue weighted by atomic mass is 10.2. The number of nitriles is 1. The van der Waals surface area contributed by atoms with E-state index in [0.29, 0.717) is 35.6 Å². The SMILES string of the molecule is N#Cc1ccc2nc(COC3CN(Cc4ccc(F)c(F)c4)CC3F)[nH]c2c1. The average Bonchev–Trinajstić information content (AvgIpc) is 3.24. The van der Waals surface area contributed by atoms with Crippen molar-refractivity contribution in [3.05, 3.63) is 65.0 Å². The highest BCUT2D eigenvalue weighted by Crippen LogP contribution is 2.21. The molecule has 1 fully saturated rings. The second kappa shape index (κ2) is 7.62. The number of halogens is 3. The maximum atomic E-state index is 14.3. The van der Waals surface area contributed by atoms with E-state index in [2.05, 4.69) is 16.0 Å². The number of nitrogens with one attached hydrogen (secondary N) is 1. The second-order valence-corrected chi connectivity index (χ2v) is 6.84. The van der Waals surface area contributed by atoms with E-state index in [4.69, 9.17) is 10.00 Å². The zero-order chi connectivity index (χ0) is 19.7. The Hall–Kier alpha value is -2.89. The zero-order valence-electron chi connectivity index (χ0n) is 14.8. The molecule has 2 heterocycles. The summed E-state index contributed by atoms with van der Waals surface area (Å²) >= 11 is 0. The minimum absolute atomic E-state index is 0.112. The lowest BCUT2D eigenvalue weighted by Crippen LogP contribution is -2.24. The van der Waals surface area contributed by atoms with Gasteiger partial charge >= 0.3 is 0 Å². The van der Waals surface area contributed by atoms with E-state index in [9.17, 15) is 13.2 Å². The number of fused-ring (bicyclic) bond motifs is 1. The first-order valence-corrected chi connectivity index (χ1v) is 8.82. The first-order chi connectivity index (χ1) is 13.5. The fraction of sp³-hybridized carbons (Fsp3) is 0.300. The van der Waals surface area contributed by atoms with Crippen LogP contribution in [0.3, 0.4) is 0 Å². The number of H-pyrrole nitrogens is 1. The van der Waals surface area contributed by atoms with Crippen LogP contribution in [0.5, 0.6) is 0 Å². The van der Waals surface area contributed by atoms with Crippen molar-refractivity contribution < 1.29 is 17.9 Å². The molecule has 8 heteroatoms. The number of hydrogen-bond donors (Lipinski definition) is 1. The Morgan fingerprint density at radius 1 is 1.18 bits per heavy atom. The van der Waals surface area contributed by atoms with Crippen molar-refractivity contribution >= 4 is 11.0 Å². The molecular weight excluding hydrogens is 369 g/mol. The van der Waals surface area contributed by atoms with Crippen LogP contribution in [-0.2, 0) is 17.9 Å². The van der Waals surface area contributed by atoms with Gasteiger partial charge in [-0.25, -0.2) is 18.2 Å². The van der Waals surface area contributed by atoms with E-state index in [1.165, 1.54) is 6.07 Å².